The van der Waals surface area contributed by atoms with Crippen molar-refractivity contribution in [3.05, 3.63) is 68.7 Å². The molecule has 0 aliphatic rings. The number of hydrogen-bond acceptors (Lipinski definition) is 5. The Balaban J connectivity index is 2.17. The molecular formula is C15H12ClN3O4. The fraction of sp³-hybridized carbons (Fsp3) is 0.0667. The Bertz CT molecular complexity index is 788. The molecule has 2 aromatic carbocycles. The molecule has 0 bridgehead atoms. The molecule has 2 aromatic rings. The Hall–Kier alpha value is -2.93. The topological polar surface area (TPSA) is 105 Å². The predicted octanol–water partition coefficient (Wildman–Crippen LogP) is 3.78. The third-order valence-corrected chi connectivity index (χ3v) is 3.37. The average Bonchev–Trinajstić information content (AvgIpc) is 2.53. The Morgan fingerprint density at radius 2 is 1.91 bits per heavy atom. The minimum atomic E-state index is -1.13. The molecule has 0 aliphatic heterocycles. The van der Waals surface area contributed by atoms with Crippen molar-refractivity contribution in [1.29, 1.82) is 0 Å². The molecular weight excluding hydrogens is 322 g/mol. The van der Waals surface area contributed by atoms with Crippen LogP contribution in [-0.2, 0) is 0 Å². The SMILES string of the molecule is C/C(=N\Nc1ccc(Cl)c(C(=O)O)c1)c1ccc([N+](=O)[O-])cc1. The molecule has 23 heavy (non-hydrogen) atoms. The van der Waals surface area contributed by atoms with Crippen molar-refractivity contribution in [3.8, 4) is 0 Å². The molecule has 0 aromatic heterocycles. The summed E-state index contributed by atoms with van der Waals surface area (Å²) in [5.74, 6) is -1.13. The number of carboxylic acid groups (broad SMARTS) is 1. The average molecular weight is 334 g/mol. The normalized spacial score (nSPS) is 11.1. The largest absolute Gasteiger partial charge is 0.478 e. The number of nitro groups is 1. The molecule has 0 atom stereocenters. The standard InChI is InChI=1S/C15H12ClN3O4/c1-9(10-2-5-12(6-3-10)19(22)23)17-18-11-4-7-14(16)13(8-11)15(20)21/h2-8,18H,1H3,(H,20,21)/b17-9+. The third kappa shape index (κ3) is 4.04. The fourth-order valence-electron chi connectivity index (χ4n) is 1.80. The van der Waals surface area contributed by atoms with E-state index in [0.29, 0.717) is 17.0 Å². The van der Waals surface area contributed by atoms with Gasteiger partial charge in [0.25, 0.3) is 5.69 Å². The van der Waals surface area contributed by atoms with Crippen LogP contribution in [0.15, 0.2) is 47.6 Å². The van der Waals surface area contributed by atoms with E-state index in [1.807, 2.05) is 0 Å². The van der Waals surface area contributed by atoms with Crippen LogP contribution in [-0.4, -0.2) is 21.7 Å². The second-order valence-corrected chi connectivity index (χ2v) is 5.02. The summed E-state index contributed by atoms with van der Waals surface area (Å²) in [4.78, 5) is 21.2. The highest BCUT2D eigenvalue weighted by Crippen LogP contribution is 2.21. The van der Waals surface area contributed by atoms with Gasteiger partial charge < -0.3 is 5.11 Å². The summed E-state index contributed by atoms with van der Waals surface area (Å²) >= 11 is 5.79. The first-order chi connectivity index (χ1) is 10.9. The summed E-state index contributed by atoms with van der Waals surface area (Å²) in [6.07, 6.45) is 0. The molecule has 2 N–H and O–H groups in total. The van der Waals surface area contributed by atoms with E-state index in [-0.39, 0.29) is 16.3 Å². The molecule has 8 heteroatoms. The second kappa shape index (κ2) is 6.89. The number of halogens is 1. The van der Waals surface area contributed by atoms with Gasteiger partial charge in [-0.05, 0) is 42.8 Å². The van der Waals surface area contributed by atoms with Crippen LogP contribution in [0.25, 0.3) is 0 Å². The van der Waals surface area contributed by atoms with Crippen LogP contribution in [0.5, 0.6) is 0 Å². The number of carboxylic acids is 1. The first kappa shape index (κ1) is 16.4. The summed E-state index contributed by atoms with van der Waals surface area (Å²) < 4.78 is 0. The first-order valence-electron chi connectivity index (χ1n) is 6.46. The van der Waals surface area contributed by atoms with Crippen LogP contribution in [0.4, 0.5) is 11.4 Å². The van der Waals surface area contributed by atoms with Gasteiger partial charge in [0.05, 0.1) is 26.9 Å². The number of carbonyl (C=O) groups is 1. The van der Waals surface area contributed by atoms with E-state index >= 15 is 0 Å². The number of nitrogens with one attached hydrogen (secondary N) is 1. The highest BCUT2D eigenvalue weighted by molar-refractivity contribution is 6.33. The van der Waals surface area contributed by atoms with E-state index in [2.05, 4.69) is 10.5 Å². The highest BCUT2D eigenvalue weighted by Gasteiger charge is 2.09. The molecule has 0 saturated heterocycles. The number of aromatic carboxylic acids is 1. The zero-order chi connectivity index (χ0) is 17.0. The van der Waals surface area contributed by atoms with Gasteiger partial charge >= 0.3 is 5.97 Å². The Morgan fingerprint density at radius 1 is 1.26 bits per heavy atom. The van der Waals surface area contributed by atoms with Crippen molar-refractivity contribution in [2.24, 2.45) is 5.10 Å². The number of non-ortho nitro benzene ring substituents is 1. The van der Waals surface area contributed by atoms with Crippen LogP contribution >= 0.6 is 11.6 Å². The number of nitrogens with zero attached hydrogens (tertiary/aromatic N) is 2. The van der Waals surface area contributed by atoms with E-state index in [1.54, 1.807) is 25.1 Å². The molecule has 0 amide bonds. The minimum absolute atomic E-state index is 0.00156. The summed E-state index contributed by atoms with van der Waals surface area (Å²) in [6, 6.07) is 10.4. The Kier molecular flexibility index (Phi) is 4.92. The van der Waals surface area contributed by atoms with Crippen molar-refractivity contribution in [2.75, 3.05) is 5.43 Å². The maximum Gasteiger partial charge on any atom is 0.337 e. The zero-order valence-electron chi connectivity index (χ0n) is 12.0. The molecule has 0 fully saturated rings. The van der Waals surface area contributed by atoms with Crippen molar-refractivity contribution in [2.45, 2.75) is 6.92 Å². The van der Waals surface area contributed by atoms with Gasteiger partial charge in [0.1, 0.15) is 0 Å². The van der Waals surface area contributed by atoms with Crippen molar-refractivity contribution >= 4 is 34.7 Å². The molecule has 0 unspecified atom stereocenters. The molecule has 2 rings (SSSR count). The summed E-state index contributed by atoms with van der Waals surface area (Å²) in [5.41, 5.74) is 4.46. The van der Waals surface area contributed by atoms with Crippen molar-refractivity contribution < 1.29 is 14.8 Å². The monoisotopic (exact) mass is 333 g/mol. The summed E-state index contributed by atoms with van der Waals surface area (Å²) in [5, 5.41) is 23.9. The Morgan fingerprint density at radius 3 is 2.48 bits per heavy atom. The highest BCUT2D eigenvalue weighted by atomic mass is 35.5. The van der Waals surface area contributed by atoms with Gasteiger partial charge in [0.15, 0.2) is 0 Å². The molecule has 0 saturated carbocycles. The summed E-state index contributed by atoms with van der Waals surface area (Å²) in [7, 11) is 0. The van der Waals surface area contributed by atoms with Gasteiger partial charge in [-0.1, -0.05) is 11.6 Å². The smallest absolute Gasteiger partial charge is 0.337 e. The van der Waals surface area contributed by atoms with Gasteiger partial charge in [-0.3, -0.25) is 15.5 Å². The van der Waals surface area contributed by atoms with Crippen LogP contribution < -0.4 is 5.43 Å². The van der Waals surface area contributed by atoms with E-state index < -0.39 is 10.9 Å². The van der Waals surface area contributed by atoms with Crippen LogP contribution in [0.3, 0.4) is 0 Å². The van der Waals surface area contributed by atoms with Gasteiger partial charge in [-0.15, -0.1) is 0 Å². The minimum Gasteiger partial charge on any atom is -0.478 e. The van der Waals surface area contributed by atoms with Crippen LogP contribution in [0.1, 0.15) is 22.8 Å². The quantitative estimate of drug-likeness (QED) is 0.492. The van der Waals surface area contributed by atoms with Crippen LogP contribution in [0, 0.1) is 10.1 Å². The van der Waals surface area contributed by atoms with Gasteiger partial charge in [0, 0.05) is 12.1 Å². The van der Waals surface area contributed by atoms with E-state index in [0.717, 1.165) is 0 Å². The number of nitro benzene ring substituents is 1. The Labute approximate surface area is 136 Å². The van der Waals surface area contributed by atoms with Gasteiger partial charge in [-0.2, -0.15) is 5.10 Å². The lowest BCUT2D eigenvalue weighted by molar-refractivity contribution is -0.384. The number of anilines is 1. The molecule has 118 valence electrons. The van der Waals surface area contributed by atoms with Crippen LogP contribution in [0.2, 0.25) is 5.02 Å². The van der Waals surface area contributed by atoms with E-state index in [1.165, 1.54) is 24.3 Å². The lowest BCUT2D eigenvalue weighted by atomic mass is 10.1. The molecule has 0 aliphatic carbocycles. The van der Waals surface area contributed by atoms with E-state index in [9.17, 15) is 14.9 Å². The number of rotatable bonds is 5. The first-order valence-corrected chi connectivity index (χ1v) is 6.84. The van der Waals surface area contributed by atoms with Gasteiger partial charge in [0.2, 0.25) is 0 Å². The van der Waals surface area contributed by atoms with Gasteiger partial charge in [-0.25, -0.2) is 4.79 Å². The third-order valence-electron chi connectivity index (χ3n) is 3.05. The van der Waals surface area contributed by atoms with Crippen molar-refractivity contribution in [1.82, 2.24) is 0 Å². The lowest BCUT2D eigenvalue weighted by Crippen LogP contribution is -2.02. The summed E-state index contributed by atoms with van der Waals surface area (Å²) in [6.45, 7) is 1.72. The van der Waals surface area contributed by atoms with E-state index in [4.69, 9.17) is 16.7 Å². The molecule has 0 radical (unpaired) electrons. The molecule has 0 spiro atoms. The molecule has 7 nitrogen and oxygen atoms in total. The zero-order valence-corrected chi connectivity index (χ0v) is 12.7. The maximum atomic E-state index is 11.0. The number of benzene rings is 2. The maximum absolute atomic E-state index is 11.0. The fourth-order valence-corrected chi connectivity index (χ4v) is 1.99. The number of hydrazone groups is 1. The molecule has 0 heterocycles. The number of hydrogen-bond donors (Lipinski definition) is 2. The second-order valence-electron chi connectivity index (χ2n) is 4.61. The van der Waals surface area contributed by atoms with Crippen molar-refractivity contribution in [3.63, 3.8) is 0 Å². The lowest BCUT2D eigenvalue weighted by Gasteiger charge is -2.06. The predicted molar refractivity (Wildman–Crippen MR) is 87.3 cm³/mol.